The summed E-state index contributed by atoms with van der Waals surface area (Å²) >= 11 is 9.14. The van der Waals surface area contributed by atoms with Gasteiger partial charge in [-0.2, -0.15) is 0 Å². The van der Waals surface area contributed by atoms with Crippen molar-refractivity contribution in [3.05, 3.63) is 142 Å². The molecule has 6 amide bonds. The first-order chi connectivity index (χ1) is 46.8. The molecule has 4 aliphatic heterocycles. The molecule has 2 unspecified atom stereocenters. The monoisotopic (exact) mass is 1410 g/mol. The van der Waals surface area contributed by atoms with Gasteiger partial charge in [0, 0.05) is 43.1 Å². The molecule has 0 radical (unpaired) electrons. The number of para-hydroxylation sites is 1. The lowest BCUT2D eigenvalue weighted by molar-refractivity contribution is -0.131. The molecule has 11 atom stereocenters. The van der Waals surface area contributed by atoms with E-state index in [1.807, 2.05) is 36.4 Å². The normalized spacial score (nSPS) is 21.2. The number of ether oxygens (including phenoxy) is 3. The first kappa shape index (κ1) is 69.8. The minimum Gasteiger partial charge on any atom is -0.394 e. The number of hydrogen-bond acceptors (Lipinski definition) is 22. The number of nitrogens with zero attached hydrogens (tertiary/aromatic N) is 8. The van der Waals surface area contributed by atoms with Gasteiger partial charge in [-0.25, -0.2) is 24.3 Å². The molecule has 0 spiro atoms. The number of rotatable bonds is 28. The van der Waals surface area contributed by atoms with E-state index in [0.29, 0.717) is 46.6 Å². The molecule has 36 heteroatoms. The van der Waals surface area contributed by atoms with E-state index < -0.39 is 137 Å². The molecule has 0 bridgehead atoms. The lowest BCUT2D eigenvalue weighted by Crippen LogP contribution is -2.52. The number of imidazole rings is 1. The molecule has 9 N–H and O–H groups in total. The highest BCUT2D eigenvalue weighted by Crippen LogP contribution is 2.51. The number of nitrogens with one attached hydrogen (secondary N) is 6. The fourth-order valence-corrected chi connectivity index (χ4v) is 13.6. The Hall–Kier alpha value is -8.52. The summed E-state index contributed by atoms with van der Waals surface area (Å²) < 4.78 is 66.9. The van der Waals surface area contributed by atoms with Gasteiger partial charge in [0.2, 0.25) is 35.4 Å². The quantitative estimate of drug-likeness (QED) is 0.0109. The lowest BCUT2D eigenvalue weighted by Gasteiger charge is -2.26. The molecule has 4 aromatic heterocycles. The molecule has 31 nitrogen and oxygen atoms in total. The average Bonchev–Trinajstić information content (AvgIpc) is 1.62. The van der Waals surface area contributed by atoms with Crippen LogP contribution in [0.25, 0.3) is 22.2 Å². The van der Waals surface area contributed by atoms with E-state index in [-0.39, 0.29) is 62.8 Å². The number of halogens is 1. The Morgan fingerprint density at radius 3 is 2.35 bits per heavy atom. The number of fused-ring (bicyclic) bond motifs is 3. The Morgan fingerprint density at radius 1 is 0.825 bits per heavy atom. The molecular formula is C61H66FN14O17P2S2+. The van der Waals surface area contributed by atoms with Crippen LogP contribution in [0.15, 0.2) is 109 Å². The molecule has 11 rings (SSSR count). The molecule has 0 aliphatic carbocycles. The summed E-state index contributed by atoms with van der Waals surface area (Å²) in [5.74, 6) is 3.12. The number of aromatic nitrogens is 7. The highest BCUT2D eigenvalue weighted by atomic mass is 32.7. The number of benzene rings is 3. The predicted molar refractivity (Wildman–Crippen MR) is 350 cm³/mol. The number of anilines is 2. The number of aliphatic hydroxyl groups is 2. The van der Waals surface area contributed by atoms with E-state index >= 15 is 4.39 Å². The second-order valence-corrected chi connectivity index (χ2v) is 27.1. The molecule has 0 saturated carbocycles. The summed E-state index contributed by atoms with van der Waals surface area (Å²) in [6, 6.07) is 22.2. The van der Waals surface area contributed by atoms with Crippen LogP contribution < -0.4 is 42.4 Å². The smallest absolute Gasteiger partial charge is 0.394 e. The predicted octanol–water partition coefficient (Wildman–Crippen LogP) is 1.37. The third kappa shape index (κ3) is 16.9. The van der Waals surface area contributed by atoms with Crippen molar-refractivity contribution in [1.82, 2.24) is 60.2 Å². The van der Waals surface area contributed by atoms with Gasteiger partial charge in [0.1, 0.15) is 73.6 Å². The minimum absolute atomic E-state index is 0.0118. The van der Waals surface area contributed by atoms with E-state index in [0.717, 1.165) is 23.1 Å². The van der Waals surface area contributed by atoms with Crippen LogP contribution in [0.4, 0.5) is 15.9 Å². The van der Waals surface area contributed by atoms with Gasteiger partial charge >= 0.3 is 13.9 Å². The fourth-order valence-electron chi connectivity index (χ4n) is 11.4. The maximum absolute atomic E-state index is 16.4. The summed E-state index contributed by atoms with van der Waals surface area (Å²) in [4.78, 5) is 122. The standard InChI is InChI=1S/C61H65FN14O17P2S2/c62-50-53(42(29-77)90-60(50)75-28-39-14-8-20-63-55-49(39)56(75)68-31-67-55)93-95(87,97)89-30-43-52(83)54(92-94(86)96)61(91-43)76-33-69-51-57(76)70-32-73(59(51)85)21-22-88-34-71-46(80)25-66-58(84)40(23-35-9-2-1-3-10-35)72-47(81)26-65-45(79)24-64-44(78)18-19-48(82)74-27-38-13-5-4-11-36(38)16-17-37-12-6-7-15-41(37)74/h1-7,9-13,15,28,31-33,40,42-43,50,52-54,60-61,77,83H,8,14,18-27,29-30,34H2,(H7-,63,64,65,66,67,68,71,72,78,79,80,81,84,86,87,96,97)/p+1/t40-,42+,43+,50+,52+,53+,54+,60+,61+,95?/m0/s1. The van der Waals surface area contributed by atoms with Gasteiger partial charge in [-0.05, 0) is 64.1 Å². The number of aliphatic hydroxyl groups excluding tert-OH is 2. The van der Waals surface area contributed by atoms with Crippen LogP contribution in [0.1, 0.15) is 59.5 Å². The average molecular weight is 1410 g/mol. The Balaban J connectivity index is 0.613. The van der Waals surface area contributed by atoms with Gasteiger partial charge in [0.05, 0.1) is 69.9 Å². The largest absolute Gasteiger partial charge is 0.582 e. The number of aryl methyl sites for hydroxylation is 1. The zero-order valence-electron chi connectivity index (χ0n) is 51.4. The van der Waals surface area contributed by atoms with Gasteiger partial charge < -0.3 is 75.2 Å². The van der Waals surface area contributed by atoms with Crippen molar-refractivity contribution in [3.8, 4) is 11.8 Å². The van der Waals surface area contributed by atoms with Gasteiger partial charge in [-0.15, -0.1) is 4.52 Å². The van der Waals surface area contributed by atoms with Gasteiger partial charge in [0.15, 0.2) is 35.9 Å². The topological polar surface area (TPSA) is 394 Å². The molecular weight excluding hydrogens is 1350 g/mol. The number of carbonyl (C=O) groups is 6. The Kier molecular flexibility index (Phi) is 22.9. The summed E-state index contributed by atoms with van der Waals surface area (Å²) in [6.07, 6.45) is -5.71. The molecule has 97 heavy (non-hydrogen) atoms. The number of carbonyl (C=O) groups excluding carboxylic acids is 6. The molecule has 2 saturated heterocycles. The lowest BCUT2D eigenvalue weighted by atomic mass is 10.0. The first-order valence-electron chi connectivity index (χ1n) is 30.5. The summed E-state index contributed by atoms with van der Waals surface area (Å²) in [5.41, 5.74) is 3.96. The maximum Gasteiger partial charge on any atom is 0.582 e. The summed E-state index contributed by atoms with van der Waals surface area (Å²) in [7, 11) is -2.69. The van der Waals surface area contributed by atoms with Crippen LogP contribution in [0, 0.1) is 11.8 Å². The number of hydrogen-bond donors (Lipinski definition) is 10. The van der Waals surface area contributed by atoms with Crippen molar-refractivity contribution in [2.45, 2.75) is 100 Å². The highest BCUT2D eigenvalue weighted by molar-refractivity contribution is 8.39. The fraction of sp³-hybridized carbons (Fsp3) is 0.393. The maximum atomic E-state index is 16.4. The Morgan fingerprint density at radius 2 is 1.55 bits per heavy atom. The van der Waals surface area contributed by atoms with Gasteiger partial charge in [-0.3, -0.25) is 47.2 Å². The van der Waals surface area contributed by atoms with E-state index in [1.165, 1.54) is 32.7 Å². The Labute approximate surface area is 562 Å². The van der Waals surface area contributed by atoms with Gasteiger partial charge in [0.25, 0.3) is 5.56 Å². The number of amides is 6. The number of alkyl halides is 1. The third-order valence-electron chi connectivity index (χ3n) is 16.2. The van der Waals surface area contributed by atoms with Crippen molar-refractivity contribution in [2.24, 2.45) is 0 Å². The van der Waals surface area contributed by atoms with Crippen LogP contribution in [0.2, 0.25) is 0 Å². The molecule has 4 aliphatic rings. The third-order valence-corrected chi connectivity index (χ3v) is 18.4. The molecule has 510 valence electrons. The minimum atomic E-state index is -4.43. The van der Waals surface area contributed by atoms with Crippen molar-refractivity contribution in [1.29, 1.82) is 0 Å². The van der Waals surface area contributed by atoms with Crippen molar-refractivity contribution >= 4 is 107 Å². The molecule has 8 heterocycles. The highest BCUT2D eigenvalue weighted by Gasteiger charge is 2.53. The summed E-state index contributed by atoms with van der Waals surface area (Å²) in [5, 5.41) is 38.0. The second-order valence-electron chi connectivity index (χ2n) is 22.6. The van der Waals surface area contributed by atoms with E-state index in [1.54, 1.807) is 53.6 Å². The first-order valence-corrected chi connectivity index (χ1v) is 35.5. The molecule has 7 aromatic rings. The van der Waals surface area contributed by atoms with Crippen molar-refractivity contribution < 1.29 is 80.6 Å². The zero-order valence-corrected chi connectivity index (χ0v) is 54.9. The Bertz CT molecular complexity index is 4290. The zero-order chi connectivity index (χ0) is 68.3. The van der Waals surface area contributed by atoms with E-state index in [2.05, 4.69) is 75.9 Å². The van der Waals surface area contributed by atoms with E-state index in [9.17, 15) is 53.2 Å². The number of thiol groups is 1. The van der Waals surface area contributed by atoms with Crippen molar-refractivity contribution in [2.75, 3.05) is 62.9 Å². The van der Waals surface area contributed by atoms with Crippen LogP contribution in [0.5, 0.6) is 0 Å². The van der Waals surface area contributed by atoms with Crippen LogP contribution in [-0.2, 0) is 98.9 Å². The van der Waals surface area contributed by atoms with Crippen LogP contribution in [0.3, 0.4) is 0 Å². The second kappa shape index (κ2) is 31.8. The molecule has 2 fully saturated rings. The van der Waals surface area contributed by atoms with Gasteiger partial charge in [-0.1, -0.05) is 72.5 Å². The SMILES string of the molecule is O=C(CCC(=O)N1Cc2ccccc2C#Cc2ccccc21)NCC(=O)NCC(=O)N[C@@H](Cc1ccccc1)C(=O)NCC(=O)NCOCCn1cnc2c(ncn2[C@@H]2O[C@H](COP(O)(=S)O[C@H]3[C@@H](F)[C@H](n4cc5c6c(ncnc64)NCCC5)O[C@@H]3CO)[C@@H](O)[C@H]2O[P+](=O)S)c1=O. The van der Waals surface area contributed by atoms with Crippen LogP contribution >= 0.6 is 26.2 Å². The molecule has 3 aromatic carbocycles. The van der Waals surface area contributed by atoms with Crippen LogP contribution in [-0.4, -0.2) is 180 Å². The van der Waals surface area contributed by atoms with Crippen molar-refractivity contribution in [3.63, 3.8) is 0 Å². The summed E-state index contributed by atoms with van der Waals surface area (Å²) in [6.45, 7) is -7.08. The van der Waals surface area contributed by atoms with E-state index in [4.69, 9.17) is 39.6 Å².